The van der Waals surface area contributed by atoms with Crippen LogP contribution in [0.2, 0.25) is 0 Å². The Morgan fingerprint density at radius 1 is 1.00 bits per heavy atom. The van der Waals surface area contributed by atoms with Crippen molar-refractivity contribution < 1.29 is 9.47 Å². The summed E-state index contributed by atoms with van der Waals surface area (Å²) in [5.41, 5.74) is 8.25. The van der Waals surface area contributed by atoms with Crippen LogP contribution in [0.3, 0.4) is 0 Å². The molecule has 0 bridgehead atoms. The lowest BCUT2D eigenvalue weighted by Gasteiger charge is -2.18. The molecule has 4 heteroatoms. The lowest BCUT2D eigenvalue weighted by atomic mass is 10.1. The van der Waals surface area contributed by atoms with Gasteiger partial charge in [-0.15, -0.1) is 0 Å². The van der Waals surface area contributed by atoms with Crippen LogP contribution < -0.4 is 15.2 Å². The molecule has 4 nitrogen and oxygen atoms in total. The smallest absolute Gasteiger partial charge is 0.162 e. The van der Waals surface area contributed by atoms with Gasteiger partial charge in [0.2, 0.25) is 0 Å². The number of hydrogen-bond acceptors (Lipinski definition) is 4. The molecule has 0 unspecified atom stereocenters. The summed E-state index contributed by atoms with van der Waals surface area (Å²) in [6.45, 7) is 1.18. The first-order valence-electron chi connectivity index (χ1n) is 5.44. The van der Waals surface area contributed by atoms with Crippen molar-refractivity contribution in [3.05, 3.63) is 36.5 Å². The first-order valence-corrected chi connectivity index (χ1v) is 5.44. The van der Waals surface area contributed by atoms with E-state index in [4.69, 9.17) is 15.2 Å². The first kappa shape index (κ1) is 9.96. The van der Waals surface area contributed by atoms with Crippen molar-refractivity contribution in [2.45, 2.75) is 0 Å². The number of pyridine rings is 1. The molecule has 1 aromatic carbocycles. The molecule has 2 heterocycles. The average Bonchev–Trinajstić information content (AvgIpc) is 2.38. The van der Waals surface area contributed by atoms with Gasteiger partial charge < -0.3 is 15.2 Å². The quantitative estimate of drug-likeness (QED) is 0.812. The van der Waals surface area contributed by atoms with Crippen LogP contribution in [0.25, 0.3) is 11.3 Å². The third-order valence-electron chi connectivity index (χ3n) is 2.62. The van der Waals surface area contributed by atoms with E-state index < -0.39 is 0 Å². The zero-order chi connectivity index (χ0) is 11.7. The molecule has 0 atom stereocenters. The molecule has 86 valence electrons. The van der Waals surface area contributed by atoms with Crippen molar-refractivity contribution in [3.63, 3.8) is 0 Å². The number of rotatable bonds is 1. The Morgan fingerprint density at radius 2 is 1.82 bits per heavy atom. The van der Waals surface area contributed by atoms with Crippen molar-refractivity contribution >= 4 is 5.69 Å². The molecule has 2 N–H and O–H groups in total. The molecule has 0 saturated carbocycles. The fraction of sp³-hybridized carbons (Fsp3) is 0.154. The van der Waals surface area contributed by atoms with E-state index in [0.29, 0.717) is 18.9 Å². The van der Waals surface area contributed by atoms with Crippen LogP contribution in [-0.4, -0.2) is 18.2 Å². The monoisotopic (exact) mass is 228 g/mol. The lowest BCUT2D eigenvalue weighted by molar-refractivity contribution is 0.171. The largest absolute Gasteiger partial charge is 0.486 e. The Morgan fingerprint density at radius 3 is 2.65 bits per heavy atom. The molecule has 0 fully saturated rings. The van der Waals surface area contributed by atoms with Crippen LogP contribution in [0.1, 0.15) is 0 Å². The van der Waals surface area contributed by atoms with E-state index >= 15 is 0 Å². The predicted octanol–water partition coefficient (Wildman–Crippen LogP) is 2.10. The molecule has 2 aromatic rings. The third-order valence-corrected chi connectivity index (χ3v) is 2.62. The maximum atomic E-state index is 5.74. The van der Waals surface area contributed by atoms with Crippen LogP contribution in [0.4, 0.5) is 5.69 Å². The topological polar surface area (TPSA) is 57.4 Å². The summed E-state index contributed by atoms with van der Waals surface area (Å²) in [5.74, 6) is 1.54. The lowest BCUT2D eigenvalue weighted by Crippen LogP contribution is -2.15. The van der Waals surface area contributed by atoms with E-state index in [1.807, 2.05) is 24.3 Å². The number of nitrogen functional groups attached to an aromatic ring is 1. The summed E-state index contributed by atoms with van der Waals surface area (Å²) < 4.78 is 11.0. The maximum absolute atomic E-state index is 5.74. The van der Waals surface area contributed by atoms with Gasteiger partial charge in [-0.25, -0.2) is 0 Å². The summed E-state index contributed by atoms with van der Waals surface area (Å²) in [4.78, 5) is 4.28. The molecule has 17 heavy (non-hydrogen) atoms. The summed E-state index contributed by atoms with van der Waals surface area (Å²) in [7, 11) is 0. The van der Waals surface area contributed by atoms with Crippen molar-refractivity contribution in [1.82, 2.24) is 4.98 Å². The Hall–Kier alpha value is -2.23. The predicted molar refractivity (Wildman–Crippen MR) is 65.1 cm³/mol. The second kappa shape index (κ2) is 3.97. The molecule has 0 aliphatic carbocycles. The molecule has 1 aromatic heterocycles. The Bertz CT molecular complexity index is 555. The van der Waals surface area contributed by atoms with Gasteiger partial charge in [-0.1, -0.05) is 0 Å². The van der Waals surface area contributed by atoms with E-state index in [-0.39, 0.29) is 0 Å². The minimum atomic E-state index is 0.584. The minimum absolute atomic E-state index is 0.584. The van der Waals surface area contributed by atoms with Crippen molar-refractivity contribution in [2.24, 2.45) is 0 Å². The minimum Gasteiger partial charge on any atom is -0.486 e. The molecule has 0 spiro atoms. The van der Waals surface area contributed by atoms with Crippen molar-refractivity contribution in [3.8, 4) is 22.8 Å². The SMILES string of the molecule is Nc1ccnc(-c2ccc3c(c2)OCCO3)c1. The van der Waals surface area contributed by atoms with Gasteiger partial charge in [-0.3, -0.25) is 4.98 Å². The van der Waals surface area contributed by atoms with Gasteiger partial charge in [0.25, 0.3) is 0 Å². The van der Waals surface area contributed by atoms with E-state index in [0.717, 1.165) is 22.8 Å². The summed E-state index contributed by atoms with van der Waals surface area (Å²) in [6.07, 6.45) is 1.70. The zero-order valence-electron chi connectivity index (χ0n) is 9.22. The summed E-state index contributed by atoms with van der Waals surface area (Å²) >= 11 is 0. The molecule has 0 amide bonds. The van der Waals surface area contributed by atoms with Crippen LogP contribution >= 0.6 is 0 Å². The van der Waals surface area contributed by atoms with E-state index in [1.54, 1.807) is 12.3 Å². The number of nitrogens with two attached hydrogens (primary N) is 1. The normalized spacial score (nSPS) is 13.4. The second-order valence-corrected chi connectivity index (χ2v) is 3.83. The Balaban J connectivity index is 2.04. The van der Waals surface area contributed by atoms with E-state index in [2.05, 4.69) is 4.98 Å². The van der Waals surface area contributed by atoms with Gasteiger partial charge >= 0.3 is 0 Å². The number of ether oxygens (including phenoxy) is 2. The van der Waals surface area contributed by atoms with Gasteiger partial charge in [0.05, 0.1) is 5.69 Å². The standard InChI is InChI=1S/C13H12N2O2/c14-10-3-4-15-11(8-10)9-1-2-12-13(7-9)17-6-5-16-12/h1-4,7-8H,5-6H2,(H2,14,15). The fourth-order valence-corrected chi connectivity index (χ4v) is 1.81. The molecule has 1 aliphatic rings. The molecular weight excluding hydrogens is 216 g/mol. The maximum Gasteiger partial charge on any atom is 0.162 e. The van der Waals surface area contributed by atoms with Crippen LogP contribution in [-0.2, 0) is 0 Å². The second-order valence-electron chi connectivity index (χ2n) is 3.83. The highest BCUT2D eigenvalue weighted by Crippen LogP contribution is 2.34. The summed E-state index contributed by atoms with van der Waals surface area (Å²) in [6, 6.07) is 9.38. The Kier molecular flexibility index (Phi) is 2.33. The van der Waals surface area contributed by atoms with Crippen LogP contribution in [0.5, 0.6) is 11.5 Å². The first-order chi connectivity index (χ1) is 8.33. The number of fused-ring (bicyclic) bond motifs is 1. The van der Waals surface area contributed by atoms with E-state index in [1.165, 1.54) is 0 Å². The number of nitrogens with zero attached hydrogens (tertiary/aromatic N) is 1. The molecule has 3 rings (SSSR count). The number of aromatic nitrogens is 1. The van der Waals surface area contributed by atoms with E-state index in [9.17, 15) is 0 Å². The Labute approximate surface area is 99.0 Å². The van der Waals surface area contributed by atoms with Gasteiger partial charge in [-0.05, 0) is 30.3 Å². The number of hydrogen-bond donors (Lipinski definition) is 1. The van der Waals surface area contributed by atoms with Crippen LogP contribution in [0.15, 0.2) is 36.5 Å². The van der Waals surface area contributed by atoms with Crippen molar-refractivity contribution in [1.29, 1.82) is 0 Å². The third kappa shape index (κ3) is 1.89. The highest BCUT2D eigenvalue weighted by Gasteiger charge is 2.12. The molecular formula is C13H12N2O2. The van der Waals surface area contributed by atoms with Crippen molar-refractivity contribution in [2.75, 3.05) is 18.9 Å². The summed E-state index contributed by atoms with van der Waals surface area (Å²) in [5, 5.41) is 0. The highest BCUT2D eigenvalue weighted by molar-refractivity contribution is 5.66. The highest BCUT2D eigenvalue weighted by atomic mass is 16.6. The van der Waals surface area contributed by atoms with Crippen LogP contribution in [0, 0.1) is 0 Å². The van der Waals surface area contributed by atoms with Gasteiger partial charge in [0.15, 0.2) is 11.5 Å². The number of benzene rings is 1. The molecule has 0 saturated heterocycles. The average molecular weight is 228 g/mol. The zero-order valence-corrected chi connectivity index (χ0v) is 9.22. The molecule has 1 aliphatic heterocycles. The van der Waals surface area contributed by atoms with Gasteiger partial charge in [0.1, 0.15) is 13.2 Å². The van der Waals surface area contributed by atoms with Gasteiger partial charge in [-0.2, -0.15) is 0 Å². The number of anilines is 1. The van der Waals surface area contributed by atoms with Gasteiger partial charge in [0, 0.05) is 17.4 Å². The molecule has 0 radical (unpaired) electrons. The fourth-order valence-electron chi connectivity index (χ4n) is 1.81.